The summed E-state index contributed by atoms with van der Waals surface area (Å²) in [6.45, 7) is -0.672. The van der Waals surface area contributed by atoms with Gasteiger partial charge in [0.1, 0.15) is 5.82 Å². The number of benzene rings is 1. The van der Waals surface area contributed by atoms with E-state index in [1.807, 2.05) is 0 Å². The number of aryl methyl sites for hydroxylation is 1. The maximum atomic E-state index is 12.9. The fourth-order valence-electron chi connectivity index (χ4n) is 1.60. The third-order valence-electron chi connectivity index (χ3n) is 2.49. The molecule has 1 N–H and O–H groups in total. The molecule has 1 aromatic heterocycles. The average Bonchev–Trinajstić information content (AvgIpc) is 2.68. The van der Waals surface area contributed by atoms with Crippen LogP contribution in [0.25, 0.3) is 0 Å². The van der Waals surface area contributed by atoms with Crippen LogP contribution in [0.3, 0.4) is 0 Å². The fourth-order valence-corrected chi connectivity index (χ4v) is 1.60. The van der Waals surface area contributed by atoms with E-state index in [1.165, 1.54) is 18.3 Å². The van der Waals surface area contributed by atoms with Crippen LogP contribution in [0.2, 0.25) is 0 Å². The Hall–Kier alpha value is -1.98. The van der Waals surface area contributed by atoms with Crippen molar-refractivity contribution in [3.05, 3.63) is 47.5 Å². The SMILES string of the molecule is Cc1nn(C(F)F)cc1NCc1cccc(F)c1. The Morgan fingerprint density at radius 1 is 1.39 bits per heavy atom. The third kappa shape index (κ3) is 2.82. The molecule has 0 amide bonds. The van der Waals surface area contributed by atoms with E-state index in [1.54, 1.807) is 19.1 Å². The fraction of sp³-hybridized carbons (Fsp3) is 0.250. The lowest BCUT2D eigenvalue weighted by molar-refractivity contribution is 0.0563. The van der Waals surface area contributed by atoms with Gasteiger partial charge in [-0.05, 0) is 24.6 Å². The molecule has 6 heteroatoms. The van der Waals surface area contributed by atoms with E-state index in [9.17, 15) is 13.2 Å². The van der Waals surface area contributed by atoms with Crippen molar-refractivity contribution >= 4 is 5.69 Å². The zero-order valence-electron chi connectivity index (χ0n) is 9.70. The molecular formula is C12H12F3N3. The Kier molecular flexibility index (Phi) is 3.55. The predicted molar refractivity (Wildman–Crippen MR) is 61.9 cm³/mol. The predicted octanol–water partition coefficient (Wildman–Crippen LogP) is 3.34. The number of rotatable bonds is 4. The molecule has 0 atom stereocenters. The topological polar surface area (TPSA) is 29.9 Å². The van der Waals surface area contributed by atoms with Crippen LogP contribution in [-0.4, -0.2) is 9.78 Å². The summed E-state index contributed by atoms with van der Waals surface area (Å²) in [6.07, 6.45) is 1.24. The smallest absolute Gasteiger partial charge is 0.333 e. The number of hydrogen-bond acceptors (Lipinski definition) is 2. The van der Waals surface area contributed by atoms with E-state index in [2.05, 4.69) is 10.4 Å². The monoisotopic (exact) mass is 255 g/mol. The second kappa shape index (κ2) is 5.12. The lowest BCUT2D eigenvalue weighted by Crippen LogP contribution is -2.00. The highest BCUT2D eigenvalue weighted by Crippen LogP contribution is 2.18. The van der Waals surface area contributed by atoms with Gasteiger partial charge in [0, 0.05) is 6.54 Å². The minimum atomic E-state index is -2.66. The van der Waals surface area contributed by atoms with E-state index in [-0.39, 0.29) is 5.82 Å². The molecule has 0 aliphatic carbocycles. The van der Waals surface area contributed by atoms with Gasteiger partial charge in [0.15, 0.2) is 0 Å². The minimum absolute atomic E-state index is 0.325. The van der Waals surface area contributed by atoms with E-state index in [4.69, 9.17) is 0 Å². The molecule has 18 heavy (non-hydrogen) atoms. The van der Waals surface area contributed by atoms with Crippen molar-refractivity contribution in [3.63, 3.8) is 0 Å². The summed E-state index contributed by atoms with van der Waals surface area (Å²) in [7, 11) is 0. The Morgan fingerprint density at radius 3 is 2.78 bits per heavy atom. The largest absolute Gasteiger partial charge is 0.378 e. The van der Waals surface area contributed by atoms with Crippen LogP contribution in [0, 0.1) is 12.7 Å². The quantitative estimate of drug-likeness (QED) is 0.908. The van der Waals surface area contributed by atoms with Crippen molar-refractivity contribution in [2.75, 3.05) is 5.32 Å². The molecule has 0 aliphatic rings. The molecule has 0 saturated heterocycles. The van der Waals surface area contributed by atoms with E-state index in [0.29, 0.717) is 22.6 Å². The molecule has 0 fully saturated rings. The highest BCUT2D eigenvalue weighted by molar-refractivity contribution is 5.46. The molecule has 1 aromatic carbocycles. The standard InChI is InChI=1S/C12H12F3N3/c1-8-11(7-18(17-8)12(14)15)16-6-9-3-2-4-10(13)5-9/h2-5,7,12,16H,6H2,1H3. The second-order valence-corrected chi connectivity index (χ2v) is 3.87. The first kappa shape index (κ1) is 12.5. The van der Waals surface area contributed by atoms with Crippen LogP contribution in [0.1, 0.15) is 17.8 Å². The first-order valence-corrected chi connectivity index (χ1v) is 5.38. The molecule has 0 saturated carbocycles. The zero-order valence-corrected chi connectivity index (χ0v) is 9.70. The summed E-state index contributed by atoms with van der Waals surface area (Å²) in [5.41, 5.74) is 1.73. The molecule has 3 nitrogen and oxygen atoms in total. The molecule has 2 aromatic rings. The Bertz CT molecular complexity index is 537. The number of anilines is 1. The van der Waals surface area contributed by atoms with Gasteiger partial charge >= 0.3 is 6.55 Å². The summed E-state index contributed by atoms with van der Waals surface area (Å²) in [5, 5.41) is 6.62. The highest BCUT2D eigenvalue weighted by atomic mass is 19.3. The van der Waals surface area contributed by atoms with Gasteiger partial charge in [-0.25, -0.2) is 9.07 Å². The van der Waals surface area contributed by atoms with Crippen LogP contribution in [-0.2, 0) is 6.54 Å². The summed E-state index contributed by atoms with van der Waals surface area (Å²) in [6, 6.07) is 6.09. The van der Waals surface area contributed by atoms with Crippen LogP contribution in [0.4, 0.5) is 18.9 Å². The third-order valence-corrected chi connectivity index (χ3v) is 2.49. The summed E-state index contributed by atoms with van der Waals surface area (Å²) in [4.78, 5) is 0. The van der Waals surface area contributed by atoms with Gasteiger partial charge in [0.25, 0.3) is 0 Å². The van der Waals surface area contributed by atoms with Gasteiger partial charge in [0.05, 0.1) is 17.6 Å². The molecule has 0 radical (unpaired) electrons. The van der Waals surface area contributed by atoms with Gasteiger partial charge in [-0.3, -0.25) is 0 Å². The second-order valence-electron chi connectivity index (χ2n) is 3.87. The molecule has 0 aliphatic heterocycles. The maximum absolute atomic E-state index is 12.9. The van der Waals surface area contributed by atoms with Gasteiger partial charge < -0.3 is 5.32 Å². The van der Waals surface area contributed by atoms with Gasteiger partial charge in [-0.2, -0.15) is 13.9 Å². The number of alkyl halides is 2. The van der Waals surface area contributed by atoms with Crippen molar-refractivity contribution < 1.29 is 13.2 Å². The van der Waals surface area contributed by atoms with Gasteiger partial charge in [-0.1, -0.05) is 12.1 Å². The summed E-state index contributed by atoms with van der Waals surface area (Å²) < 4.78 is 38.3. The summed E-state index contributed by atoms with van der Waals surface area (Å²) in [5.74, 6) is -0.325. The van der Waals surface area contributed by atoms with E-state index < -0.39 is 6.55 Å². The van der Waals surface area contributed by atoms with Crippen LogP contribution >= 0.6 is 0 Å². The first-order chi connectivity index (χ1) is 8.56. The van der Waals surface area contributed by atoms with Crippen molar-refractivity contribution in [1.82, 2.24) is 9.78 Å². The van der Waals surface area contributed by atoms with E-state index >= 15 is 0 Å². The van der Waals surface area contributed by atoms with E-state index in [0.717, 1.165) is 5.56 Å². The molecule has 0 bridgehead atoms. The molecule has 0 unspecified atom stereocenters. The van der Waals surface area contributed by atoms with Crippen molar-refractivity contribution in [1.29, 1.82) is 0 Å². The van der Waals surface area contributed by atoms with Gasteiger partial charge in [0.2, 0.25) is 0 Å². The van der Waals surface area contributed by atoms with Crippen LogP contribution < -0.4 is 5.32 Å². The number of nitrogens with zero attached hydrogens (tertiary/aromatic N) is 2. The molecule has 0 spiro atoms. The number of aromatic nitrogens is 2. The number of halogens is 3. The van der Waals surface area contributed by atoms with Crippen molar-refractivity contribution in [2.24, 2.45) is 0 Å². The van der Waals surface area contributed by atoms with Crippen molar-refractivity contribution in [3.8, 4) is 0 Å². The Labute approximate surface area is 102 Å². The zero-order chi connectivity index (χ0) is 13.1. The molecule has 2 rings (SSSR count). The summed E-state index contributed by atoms with van der Waals surface area (Å²) >= 11 is 0. The maximum Gasteiger partial charge on any atom is 0.333 e. The average molecular weight is 255 g/mol. The molecule has 96 valence electrons. The normalized spacial score (nSPS) is 10.9. The minimum Gasteiger partial charge on any atom is -0.378 e. The first-order valence-electron chi connectivity index (χ1n) is 5.38. The van der Waals surface area contributed by atoms with Gasteiger partial charge in [-0.15, -0.1) is 0 Å². The Morgan fingerprint density at radius 2 is 2.17 bits per heavy atom. The lowest BCUT2D eigenvalue weighted by Gasteiger charge is -2.04. The lowest BCUT2D eigenvalue weighted by atomic mass is 10.2. The van der Waals surface area contributed by atoms with Crippen LogP contribution in [0.15, 0.2) is 30.5 Å². The van der Waals surface area contributed by atoms with Crippen LogP contribution in [0.5, 0.6) is 0 Å². The van der Waals surface area contributed by atoms with Crippen molar-refractivity contribution in [2.45, 2.75) is 20.0 Å². The Balaban J connectivity index is 2.06. The highest BCUT2D eigenvalue weighted by Gasteiger charge is 2.10. The number of hydrogen-bond donors (Lipinski definition) is 1. The number of nitrogens with one attached hydrogen (secondary N) is 1. The molecule has 1 heterocycles. The molecular weight excluding hydrogens is 243 g/mol.